The highest BCUT2D eigenvalue weighted by Crippen LogP contribution is 2.46. The van der Waals surface area contributed by atoms with Crippen LogP contribution < -0.4 is 25.0 Å². The molecular weight excluding hydrogens is 749 g/mol. The van der Waals surface area contributed by atoms with Gasteiger partial charge in [0, 0.05) is 43.1 Å². The third kappa shape index (κ3) is 9.19. The molecule has 0 spiro atoms. The van der Waals surface area contributed by atoms with Crippen molar-refractivity contribution in [3.63, 3.8) is 0 Å². The molecule has 3 aromatic rings. The number of anilines is 1. The number of benzene rings is 2. The number of hydrogen-bond donors (Lipinski definition) is 3. The molecular formula is C42H54N6O8S. The van der Waals surface area contributed by atoms with E-state index in [2.05, 4.69) is 21.9 Å². The number of alkyl carbamates (subject to hydrolysis) is 1. The number of carbonyl (C=O) groups is 4. The highest BCUT2D eigenvalue weighted by atomic mass is 32.2. The van der Waals surface area contributed by atoms with Crippen LogP contribution in [0.1, 0.15) is 67.2 Å². The molecule has 5 atom stereocenters. The predicted octanol–water partition coefficient (Wildman–Crippen LogP) is 4.92. The van der Waals surface area contributed by atoms with Gasteiger partial charge in [-0.2, -0.15) is 0 Å². The molecule has 3 aliphatic rings. The van der Waals surface area contributed by atoms with Crippen LogP contribution in [0.15, 0.2) is 67.3 Å². The topological polar surface area (TPSA) is 176 Å². The lowest BCUT2D eigenvalue weighted by Crippen LogP contribution is -2.60. The number of amides is 4. The highest BCUT2D eigenvalue weighted by molar-refractivity contribution is 7.91. The standard InChI is InChI=1S/C42H54N6O8S/c1-10-27-23-42(27,38(51)46-57(53,54)30-19-20-30)45-35(49)33-22-29(24-48(33)37(50)34(40(2,3)4)44-39(52)56-41(5,6)7)55-36-31-14-12-11-13-26(31)21-32(43-36)25-15-17-28(18-16-25)47(8)9/h10-18,21,27,29-30,33-34H,1,19-20,22-24H2,2-9H3,(H,44,52)(H,45,49)(H,46,51). The van der Waals surface area contributed by atoms with Crippen LogP contribution in [0, 0.1) is 11.3 Å². The zero-order valence-corrected chi connectivity index (χ0v) is 34.7. The maximum absolute atomic E-state index is 14.7. The van der Waals surface area contributed by atoms with Gasteiger partial charge in [-0.05, 0) is 75.1 Å². The molecule has 1 aromatic heterocycles. The molecule has 5 unspecified atom stereocenters. The molecule has 2 aromatic carbocycles. The van der Waals surface area contributed by atoms with Gasteiger partial charge in [0.05, 0.1) is 17.5 Å². The Morgan fingerprint density at radius 3 is 2.26 bits per heavy atom. The minimum Gasteiger partial charge on any atom is -0.472 e. The lowest BCUT2D eigenvalue weighted by molar-refractivity contribution is -0.143. The first-order valence-corrected chi connectivity index (χ1v) is 20.8. The van der Waals surface area contributed by atoms with E-state index in [1.54, 1.807) is 41.5 Å². The van der Waals surface area contributed by atoms with E-state index < -0.39 is 79.7 Å². The number of nitrogens with one attached hydrogen (secondary N) is 3. The number of rotatable bonds is 12. The largest absolute Gasteiger partial charge is 0.472 e. The van der Waals surface area contributed by atoms with E-state index in [-0.39, 0.29) is 19.4 Å². The number of sulfonamides is 1. The number of ether oxygens (including phenoxy) is 2. The second-order valence-electron chi connectivity index (χ2n) is 17.6. The molecule has 2 heterocycles. The van der Waals surface area contributed by atoms with E-state index in [1.807, 2.05) is 73.6 Å². The molecule has 1 aliphatic heterocycles. The first-order valence-electron chi connectivity index (χ1n) is 19.3. The van der Waals surface area contributed by atoms with Gasteiger partial charge in [-0.15, -0.1) is 6.58 Å². The van der Waals surface area contributed by atoms with E-state index in [9.17, 15) is 27.6 Å². The Labute approximate surface area is 334 Å². The molecule has 1 saturated heterocycles. The van der Waals surface area contributed by atoms with Crippen molar-refractivity contribution in [1.29, 1.82) is 0 Å². The quantitative estimate of drug-likeness (QED) is 0.213. The van der Waals surface area contributed by atoms with Crippen molar-refractivity contribution in [2.75, 3.05) is 25.5 Å². The summed E-state index contributed by atoms with van der Waals surface area (Å²) in [5.41, 5.74) is -0.670. The summed E-state index contributed by atoms with van der Waals surface area (Å²) in [6, 6.07) is 15.3. The van der Waals surface area contributed by atoms with E-state index >= 15 is 0 Å². The first-order chi connectivity index (χ1) is 26.6. The molecule has 15 heteroatoms. The molecule has 57 heavy (non-hydrogen) atoms. The molecule has 2 aliphatic carbocycles. The van der Waals surface area contributed by atoms with Crippen molar-refractivity contribution in [3.05, 3.63) is 67.3 Å². The lowest BCUT2D eigenvalue weighted by atomic mass is 9.85. The average Bonchev–Trinajstić information content (AvgIpc) is 4.06. The number of fused-ring (bicyclic) bond motifs is 1. The molecule has 306 valence electrons. The van der Waals surface area contributed by atoms with Crippen molar-refractivity contribution < 1.29 is 37.1 Å². The van der Waals surface area contributed by atoms with Crippen molar-refractivity contribution in [1.82, 2.24) is 25.2 Å². The van der Waals surface area contributed by atoms with Crippen molar-refractivity contribution in [2.24, 2.45) is 11.3 Å². The summed E-state index contributed by atoms with van der Waals surface area (Å²) in [5, 5.41) is 6.50. The second kappa shape index (κ2) is 15.3. The van der Waals surface area contributed by atoms with Crippen LogP contribution in [-0.4, -0.2) is 97.3 Å². The van der Waals surface area contributed by atoms with Crippen molar-refractivity contribution in [2.45, 2.75) is 102 Å². The Bertz CT molecular complexity index is 2170. The van der Waals surface area contributed by atoms with Crippen LogP contribution in [0.5, 0.6) is 5.88 Å². The third-order valence-electron chi connectivity index (χ3n) is 10.5. The summed E-state index contributed by atoms with van der Waals surface area (Å²) in [4.78, 5) is 64.1. The molecule has 3 fully saturated rings. The smallest absolute Gasteiger partial charge is 0.408 e. The van der Waals surface area contributed by atoms with Crippen LogP contribution in [0.2, 0.25) is 0 Å². The summed E-state index contributed by atoms with van der Waals surface area (Å²) in [6.07, 6.45) is 1.02. The summed E-state index contributed by atoms with van der Waals surface area (Å²) in [6.45, 7) is 14.2. The van der Waals surface area contributed by atoms with E-state index in [0.717, 1.165) is 22.0 Å². The normalized spacial score (nSPS) is 22.6. The van der Waals surface area contributed by atoms with Gasteiger partial charge in [0.15, 0.2) is 0 Å². The summed E-state index contributed by atoms with van der Waals surface area (Å²) < 4.78 is 39.9. The van der Waals surface area contributed by atoms with Crippen LogP contribution in [-0.2, 0) is 29.1 Å². The molecule has 6 rings (SSSR count). The SMILES string of the molecule is C=CC1CC1(NC(=O)C1CC(Oc2nc(-c3ccc(N(C)C)cc3)cc3ccccc23)CN1C(=O)C(NC(=O)OC(C)(C)C)C(C)(C)C)C(=O)NS(=O)(=O)C1CC1. The Morgan fingerprint density at radius 1 is 1.02 bits per heavy atom. The van der Waals surface area contributed by atoms with Gasteiger partial charge in [0.2, 0.25) is 27.7 Å². The van der Waals surface area contributed by atoms with Crippen LogP contribution in [0.25, 0.3) is 22.0 Å². The van der Waals surface area contributed by atoms with E-state index in [4.69, 9.17) is 14.5 Å². The van der Waals surface area contributed by atoms with Crippen LogP contribution in [0.3, 0.4) is 0 Å². The summed E-state index contributed by atoms with van der Waals surface area (Å²) in [5.74, 6) is -2.29. The van der Waals surface area contributed by atoms with Crippen molar-refractivity contribution in [3.8, 4) is 17.1 Å². The van der Waals surface area contributed by atoms with Crippen LogP contribution in [0.4, 0.5) is 10.5 Å². The minimum absolute atomic E-state index is 0.00939. The van der Waals surface area contributed by atoms with Crippen molar-refractivity contribution >= 4 is 50.3 Å². The van der Waals surface area contributed by atoms with Gasteiger partial charge in [0.25, 0.3) is 5.91 Å². The fourth-order valence-electron chi connectivity index (χ4n) is 7.13. The fourth-order valence-corrected chi connectivity index (χ4v) is 8.49. The predicted molar refractivity (Wildman–Crippen MR) is 218 cm³/mol. The van der Waals surface area contributed by atoms with E-state index in [1.165, 1.54) is 11.0 Å². The Morgan fingerprint density at radius 2 is 1.68 bits per heavy atom. The first kappa shape index (κ1) is 41.5. The highest BCUT2D eigenvalue weighted by Gasteiger charge is 2.62. The number of nitrogens with zero attached hydrogens (tertiary/aromatic N) is 3. The lowest BCUT2D eigenvalue weighted by Gasteiger charge is -2.36. The number of carbonyl (C=O) groups excluding carboxylic acids is 4. The zero-order chi connectivity index (χ0) is 41.7. The fraction of sp³-hybridized carbons (Fsp3) is 0.500. The van der Waals surface area contributed by atoms with Gasteiger partial charge >= 0.3 is 6.09 Å². The Kier molecular flexibility index (Phi) is 11.1. The summed E-state index contributed by atoms with van der Waals surface area (Å²) >= 11 is 0. The molecule has 4 amide bonds. The molecule has 0 bridgehead atoms. The Hall–Kier alpha value is -5.18. The minimum atomic E-state index is -3.91. The maximum atomic E-state index is 14.7. The van der Waals surface area contributed by atoms with Gasteiger partial charge in [-0.1, -0.05) is 57.2 Å². The summed E-state index contributed by atoms with van der Waals surface area (Å²) in [7, 11) is 0.0148. The maximum Gasteiger partial charge on any atom is 0.408 e. The van der Waals surface area contributed by atoms with Gasteiger partial charge < -0.3 is 29.9 Å². The number of hydrogen-bond acceptors (Lipinski definition) is 10. The van der Waals surface area contributed by atoms with Gasteiger partial charge in [-0.3, -0.25) is 19.1 Å². The van der Waals surface area contributed by atoms with Gasteiger partial charge in [-0.25, -0.2) is 18.2 Å². The van der Waals surface area contributed by atoms with Crippen LogP contribution >= 0.6 is 0 Å². The van der Waals surface area contributed by atoms with Gasteiger partial charge in [0.1, 0.15) is 29.3 Å². The zero-order valence-electron chi connectivity index (χ0n) is 33.9. The number of likely N-dealkylation sites (tertiary alicyclic amines) is 1. The molecule has 3 N–H and O–H groups in total. The molecule has 2 saturated carbocycles. The number of aromatic nitrogens is 1. The number of pyridine rings is 1. The molecule has 0 radical (unpaired) electrons. The molecule has 14 nitrogen and oxygen atoms in total. The second-order valence-corrected chi connectivity index (χ2v) is 19.5. The monoisotopic (exact) mass is 802 g/mol. The van der Waals surface area contributed by atoms with E-state index in [0.29, 0.717) is 24.4 Å². The Balaban J connectivity index is 1.33. The average molecular weight is 803 g/mol. The third-order valence-corrected chi connectivity index (χ3v) is 12.4.